The van der Waals surface area contributed by atoms with Gasteiger partial charge in [0.15, 0.2) is 0 Å². The number of aromatic nitrogens is 3. The van der Waals surface area contributed by atoms with Crippen LogP contribution >= 0.6 is 0 Å². The number of nitrogens with zero attached hydrogens (tertiary/aromatic N) is 4. The van der Waals surface area contributed by atoms with Crippen LogP contribution in [0.25, 0.3) is 16.8 Å². The number of hydrogen-bond donors (Lipinski definition) is 1. The monoisotopic (exact) mass is 465 g/mol. The largest absolute Gasteiger partial charge is 0.478 e. The quantitative estimate of drug-likeness (QED) is 0.424. The molecule has 1 saturated heterocycles. The number of anilines is 2. The number of rotatable bonds is 8. The number of alkyl halides is 2. The van der Waals surface area contributed by atoms with Crippen molar-refractivity contribution in [2.24, 2.45) is 0 Å². The van der Waals surface area contributed by atoms with Crippen LogP contribution in [-0.2, 0) is 0 Å². The average molecular weight is 466 g/mol. The minimum Gasteiger partial charge on any atom is -0.478 e. The maximum atomic E-state index is 13.0. The van der Waals surface area contributed by atoms with E-state index in [1.165, 1.54) is 18.7 Å². The topological polar surface area (TPSA) is 63.2 Å². The van der Waals surface area contributed by atoms with Crippen LogP contribution in [0.2, 0.25) is 0 Å². The smallest absolute Gasteiger partial charge is 0.280 e. The molecule has 1 aliphatic heterocycles. The van der Waals surface area contributed by atoms with Crippen LogP contribution in [0.3, 0.4) is 0 Å². The second-order valence-electron chi connectivity index (χ2n) is 8.26. The zero-order chi connectivity index (χ0) is 24.1. The molecule has 178 valence electrons. The molecule has 3 aromatic rings. The molecule has 8 heteroatoms. The van der Waals surface area contributed by atoms with Gasteiger partial charge in [-0.05, 0) is 62.9 Å². The van der Waals surface area contributed by atoms with Crippen molar-refractivity contribution in [3.8, 4) is 17.0 Å². The van der Waals surface area contributed by atoms with Crippen molar-refractivity contribution in [3.05, 3.63) is 66.3 Å². The Morgan fingerprint density at radius 2 is 1.94 bits per heavy atom. The molecule has 0 atom stereocenters. The first-order valence-electron chi connectivity index (χ1n) is 11.5. The summed E-state index contributed by atoms with van der Waals surface area (Å²) in [5, 5.41) is 3.19. The fraction of sp³-hybridized carbons (Fsp3) is 0.346. The van der Waals surface area contributed by atoms with Gasteiger partial charge in [-0.15, -0.1) is 0 Å². The predicted molar refractivity (Wildman–Crippen MR) is 131 cm³/mol. The van der Waals surface area contributed by atoms with Gasteiger partial charge in [0.2, 0.25) is 5.88 Å². The Morgan fingerprint density at radius 3 is 2.68 bits per heavy atom. The molecule has 4 rings (SSSR count). The van der Waals surface area contributed by atoms with E-state index in [0.29, 0.717) is 29.4 Å². The summed E-state index contributed by atoms with van der Waals surface area (Å²) in [6.45, 7) is 10.4. The van der Waals surface area contributed by atoms with Gasteiger partial charge in [-0.2, -0.15) is 4.98 Å². The third-order valence-electron chi connectivity index (χ3n) is 5.81. The van der Waals surface area contributed by atoms with Crippen molar-refractivity contribution in [1.82, 2.24) is 15.0 Å². The van der Waals surface area contributed by atoms with Crippen LogP contribution < -0.4 is 15.0 Å². The molecule has 1 aliphatic rings. The molecule has 0 unspecified atom stereocenters. The van der Waals surface area contributed by atoms with Gasteiger partial charge in [-0.3, -0.25) is 9.97 Å². The van der Waals surface area contributed by atoms with Gasteiger partial charge in [0, 0.05) is 47.9 Å². The standard InChI is InChI=1S/C26H29F2N5O/c1-4-34-25-14-20(13-24(32-25)33-10-6-5-7-11-33)22-15-21(16-30-18(22)3)31-17(2)19-8-9-29-23(12-19)26(27)28/h8-9,12-16,26,31H,2,4-7,10-11H2,1,3H3. The summed E-state index contributed by atoms with van der Waals surface area (Å²) in [5.74, 6) is 1.48. The lowest BCUT2D eigenvalue weighted by Gasteiger charge is -2.28. The molecule has 1 N–H and O–H groups in total. The van der Waals surface area contributed by atoms with E-state index in [1.54, 1.807) is 12.3 Å². The van der Waals surface area contributed by atoms with E-state index in [4.69, 9.17) is 9.72 Å². The first-order valence-corrected chi connectivity index (χ1v) is 11.5. The number of nitrogens with one attached hydrogen (secondary N) is 1. The van der Waals surface area contributed by atoms with Crippen LogP contribution in [0.4, 0.5) is 20.3 Å². The summed E-state index contributed by atoms with van der Waals surface area (Å²) in [4.78, 5) is 15.3. The van der Waals surface area contributed by atoms with E-state index >= 15 is 0 Å². The Balaban J connectivity index is 1.64. The molecule has 0 radical (unpaired) electrons. The van der Waals surface area contributed by atoms with Crippen molar-refractivity contribution in [2.45, 2.75) is 39.5 Å². The van der Waals surface area contributed by atoms with Gasteiger partial charge >= 0.3 is 0 Å². The third-order valence-corrected chi connectivity index (χ3v) is 5.81. The van der Waals surface area contributed by atoms with E-state index in [2.05, 4.69) is 32.8 Å². The molecule has 4 heterocycles. The lowest BCUT2D eigenvalue weighted by Crippen LogP contribution is -2.30. The molecule has 34 heavy (non-hydrogen) atoms. The van der Waals surface area contributed by atoms with Crippen molar-refractivity contribution in [1.29, 1.82) is 0 Å². The Labute approximate surface area is 198 Å². The van der Waals surface area contributed by atoms with Gasteiger partial charge in [-0.25, -0.2) is 8.78 Å². The number of hydrogen-bond acceptors (Lipinski definition) is 6. The SMILES string of the molecule is C=C(Nc1cnc(C)c(-c2cc(OCC)nc(N3CCCCC3)c2)c1)c1ccnc(C(F)F)c1. The highest BCUT2D eigenvalue weighted by Gasteiger charge is 2.17. The molecule has 0 spiro atoms. The average Bonchev–Trinajstić information content (AvgIpc) is 2.86. The highest BCUT2D eigenvalue weighted by molar-refractivity contribution is 5.79. The number of aryl methyl sites for hydroxylation is 1. The Morgan fingerprint density at radius 1 is 1.15 bits per heavy atom. The summed E-state index contributed by atoms with van der Waals surface area (Å²) in [6, 6.07) is 8.97. The van der Waals surface area contributed by atoms with Crippen LogP contribution in [0, 0.1) is 6.92 Å². The molecular formula is C26H29F2N5O. The highest BCUT2D eigenvalue weighted by atomic mass is 19.3. The molecule has 0 amide bonds. The van der Waals surface area contributed by atoms with Crippen LogP contribution in [0.1, 0.15) is 49.6 Å². The van der Waals surface area contributed by atoms with E-state index in [9.17, 15) is 8.78 Å². The van der Waals surface area contributed by atoms with Crippen molar-refractivity contribution in [2.75, 3.05) is 29.9 Å². The summed E-state index contributed by atoms with van der Waals surface area (Å²) >= 11 is 0. The summed E-state index contributed by atoms with van der Waals surface area (Å²) in [5.41, 5.74) is 4.20. The van der Waals surface area contributed by atoms with E-state index < -0.39 is 6.43 Å². The molecule has 6 nitrogen and oxygen atoms in total. The fourth-order valence-electron chi connectivity index (χ4n) is 4.05. The maximum absolute atomic E-state index is 13.0. The van der Waals surface area contributed by atoms with Gasteiger partial charge < -0.3 is 15.0 Å². The van der Waals surface area contributed by atoms with Gasteiger partial charge in [0.25, 0.3) is 6.43 Å². The number of pyridine rings is 3. The van der Waals surface area contributed by atoms with Crippen LogP contribution in [0.5, 0.6) is 5.88 Å². The lowest BCUT2D eigenvalue weighted by atomic mass is 10.0. The lowest BCUT2D eigenvalue weighted by molar-refractivity contribution is 0.146. The van der Waals surface area contributed by atoms with E-state index in [0.717, 1.165) is 48.6 Å². The normalized spacial score (nSPS) is 13.7. The second-order valence-corrected chi connectivity index (χ2v) is 8.26. The number of halogens is 2. The molecule has 0 bridgehead atoms. The Kier molecular flexibility index (Phi) is 7.35. The van der Waals surface area contributed by atoms with Crippen molar-refractivity contribution in [3.63, 3.8) is 0 Å². The molecule has 0 aliphatic carbocycles. The summed E-state index contributed by atoms with van der Waals surface area (Å²) < 4.78 is 31.8. The molecule has 0 saturated carbocycles. The minimum atomic E-state index is -2.64. The molecule has 3 aromatic heterocycles. The molecular weight excluding hydrogens is 436 g/mol. The van der Waals surface area contributed by atoms with Crippen molar-refractivity contribution < 1.29 is 13.5 Å². The number of piperidine rings is 1. The van der Waals surface area contributed by atoms with Gasteiger partial charge in [-0.1, -0.05) is 6.58 Å². The summed E-state index contributed by atoms with van der Waals surface area (Å²) in [6.07, 6.45) is 3.97. The zero-order valence-electron chi connectivity index (χ0n) is 19.5. The number of ether oxygens (including phenoxy) is 1. The van der Waals surface area contributed by atoms with E-state index in [1.807, 2.05) is 26.0 Å². The Bertz CT molecular complexity index is 1160. The zero-order valence-corrected chi connectivity index (χ0v) is 19.5. The highest BCUT2D eigenvalue weighted by Crippen LogP contribution is 2.32. The summed E-state index contributed by atoms with van der Waals surface area (Å²) in [7, 11) is 0. The van der Waals surface area contributed by atoms with Gasteiger partial charge in [0.05, 0.1) is 18.5 Å². The van der Waals surface area contributed by atoms with E-state index in [-0.39, 0.29) is 5.69 Å². The first-order chi connectivity index (χ1) is 16.4. The fourth-order valence-corrected chi connectivity index (χ4v) is 4.05. The first kappa shape index (κ1) is 23.6. The molecule has 0 aromatic carbocycles. The van der Waals surface area contributed by atoms with Crippen LogP contribution in [0.15, 0.2) is 49.3 Å². The van der Waals surface area contributed by atoms with Crippen LogP contribution in [-0.4, -0.2) is 34.6 Å². The minimum absolute atomic E-state index is 0.284. The maximum Gasteiger partial charge on any atom is 0.280 e. The second kappa shape index (κ2) is 10.6. The predicted octanol–water partition coefficient (Wildman–Crippen LogP) is 6.26. The Hall–Kier alpha value is -3.55. The van der Waals surface area contributed by atoms with Crippen molar-refractivity contribution >= 4 is 17.2 Å². The third kappa shape index (κ3) is 5.50. The van der Waals surface area contributed by atoms with Gasteiger partial charge in [0.1, 0.15) is 11.5 Å². The molecule has 1 fully saturated rings.